The molecule has 0 fully saturated rings. The first-order valence-electron chi connectivity index (χ1n) is 11.1. The van der Waals surface area contributed by atoms with Crippen LogP contribution in [0.15, 0.2) is 59.3 Å². The first kappa shape index (κ1) is 27.3. The lowest BCUT2D eigenvalue weighted by Crippen LogP contribution is -2.51. The SMILES string of the molecule is CC(C)CC(C(=O)NC(Cc1ccc(-c2cccs2)cc1)C(=O)O)N(Cc1cccs1)P(=O)(O)O. The summed E-state index contributed by atoms with van der Waals surface area (Å²) in [5.74, 6) is -2.00. The van der Waals surface area contributed by atoms with E-state index in [0.717, 1.165) is 20.7 Å². The summed E-state index contributed by atoms with van der Waals surface area (Å²) in [7, 11) is -4.81. The third-order valence-electron chi connectivity index (χ3n) is 5.40. The van der Waals surface area contributed by atoms with Crippen LogP contribution in [0.3, 0.4) is 0 Å². The first-order chi connectivity index (χ1) is 16.5. The molecule has 4 N–H and O–H groups in total. The zero-order chi connectivity index (χ0) is 25.6. The number of nitrogens with zero attached hydrogens (tertiary/aromatic N) is 1. The number of carboxylic acids is 1. The number of thiophene rings is 2. The quantitative estimate of drug-likeness (QED) is 0.249. The maximum absolute atomic E-state index is 13.3. The number of aliphatic carboxylic acids is 1. The molecule has 0 aliphatic carbocycles. The van der Waals surface area contributed by atoms with Crippen LogP contribution in [-0.4, -0.2) is 43.5 Å². The monoisotopic (exact) mass is 536 g/mol. The fourth-order valence-corrected chi connectivity index (χ4v) is 6.14. The number of hydrogen-bond acceptors (Lipinski definition) is 5. The van der Waals surface area contributed by atoms with E-state index in [1.807, 2.05) is 55.6 Å². The fourth-order valence-electron chi connectivity index (χ4n) is 3.71. The van der Waals surface area contributed by atoms with Gasteiger partial charge in [0.2, 0.25) is 5.91 Å². The van der Waals surface area contributed by atoms with E-state index in [2.05, 4.69) is 5.32 Å². The summed E-state index contributed by atoms with van der Waals surface area (Å²) in [6, 6.07) is 12.5. The zero-order valence-electron chi connectivity index (χ0n) is 19.4. The molecule has 11 heteroatoms. The second kappa shape index (κ2) is 12.1. The topological polar surface area (TPSA) is 127 Å². The van der Waals surface area contributed by atoms with Crippen LogP contribution >= 0.6 is 30.4 Å². The predicted octanol–water partition coefficient (Wildman–Crippen LogP) is 4.60. The summed E-state index contributed by atoms with van der Waals surface area (Å²) < 4.78 is 13.2. The molecular weight excluding hydrogens is 507 g/mol. The minimum atomic E-state index is -4.81. The summed E-state index contributed by atoms with van der Waals surface area (Å²) in [6.45, 7) is 3.56. The maximum Gasteiger partial charge on any atom is 0.404 e. The number of hydrogen-bond donors (Lipinski definition) is 4. The molecule has 2 heterocycles. The molecule has 2 atom stereocenters. The Bertz CT molecular complexity index is 1140. The van der Waals surface area contributed by atoms with Gasteiger partial charge in [-0.05, 0) is 46.4 Å². The number of amides is 1. The van der Waals surface area contributed by atoms with Crippen molar-refractivity contribution >= 4 is 42.3 Å². The van der Waals surface area contributed by atoms with Crippen molar-refractivity contribution in [3.63, 3.8) is 0 Å². The van der Waals surface area contributed by atoms with E-state index in [0.29, 0.717) is 4.88 Å². The number of carboxylic acid groups (broad SMARTS) is 1. The highest BCUT2D eigenvalue weighted by molar-refractivity contribution is 7.49. The minimum Gasteiger partial charge on any atom is -0.480 e. The van der Waals surface area contributed by atoms with Crippen molar-refractivity contribution in [2.75, 3.05) is 0 Å². The summed E-state index contributed by atoms with van der Waals surface area (Å²) in [4.78, 5) is 47.1. The number of rotatable bonds is 12. The van der Waals surface area contributed by atoms with Crippen LogP contribution in [0.4, 0.5) is 0 Å². The lowest BCUT2D eigenvalue weighted by molar-refractivity contribution is -0.142. The van der Waals surface area contributed by atoms with Crippen LogP contribution in [0.5, 0.6) is 0 Å². The van der Waals surface area contributed by atoms with Gasteiger partial charge in [0.25, 0.3) is 0 Å². The Morgan fingerprint density at radius 1 is 1.03 bits per heavy atom. The van der Waals surface area contributed by atoms with Gasteiger partial charge in [0.1, 0.15) is 6.04 Å². The van der Waals surface area contributed by atoms with Crippen molar-refractivity contribution in [2.24, 2.45) is 5.92 Å². The van der Waals surface area contributed by atoms with E-state index in [4.69, 9.17) is 0 Å². The van der Waals surface area contributed by atoms with E-state index >= 15 is 0 Å². The Balaban J connectivity index is 1.79. The third kappa shape index (κ3) is 7.83. The van der Waals surface area contributed by atoms with Crippen LogP contribution in [0.25, 0.3) is 10.4 Å². The van der Waals surface area contributed by atoms with E-state index < -0.39 is 31.7 Å². The van der Waals surface area contributed by atoms with Gasteiger partial charge in [0.15, 0.2) is 0 Å². The van der Waals surface area contributed by atoms with Gasteiger partial charge in [0, 0.05) is 22.7 Å². The second-order valence-corrected chi connectivity index (χ2v) is 12.1. The summed E-state index contributed by atoms with van der Waals surface area (Å²) >= 11 is 2.93. The molecule has 0 aliphatic rings. The van der Waals surface area contributed by atoms with Crippen LogP contribution in [0.1, 0.15) is 30.7 Å². The number of carbonyl (C=O) groups excluding carboxylic acids is 1. The smallest absolute Gasteiger partial charge is 0.404 e. The highest BCUT2D eigenvalue weighted by Crippen LogP contribution is 2.44. The molecular formula is C24H29N2O6PS2. The van der Waals surface area contributed by atoms with Gasteiger partial charge in [-0.25, -0.2) is 9.36 Å². The van der Waals surface area contributed by atoms with Gasteiger partial charge in [-0.3, -0.25) is 4.79 Å². The average Bonchev–Trinajstić information content (AvgIpc) is 3.49. The maximum atomic E-state index is 13.3. The average molecular weight is 537 g/mol. The summed E-state index contributed by atoms with van der Waals surface area (Å²) in [6.07, 6.45) is 0.200. The van der Waals surface area contributed by atoms with Crippen molar-refractivity contribution in [1.82, 2.24) is 9.99 Å². The molecule has 0 bridgehead atoms. The number of nitrogens with one attached hydrogen (secondary N) is 1. The molecule has 1 amide bonds. The van der Waals surface area contributed by atoms with Gasteiger partial charge in [-0.15, -0.1) is 22.7 Å². The zero-order valence-corrected chi connectivity index (χ0v) is 21.9. The highest BCUT2D eigenvalue weighted by atomic mass is 32.1. The van der Waals surface area contributed by atoms with E-state index in [-0.39, 0.29) is 25.3 Å². The molecule has 3 rings (SSSR count). The second-order valence-electron chi connectivity index (χ2n) is 8.61. The largest absolute Gasteiger partial charge is 0.480 e. The van der Waals surface area contributed by atoms with Gasteiger partial charge in [-0.1, -0.05) is 50.2 Å². The molecule has 0 saturated heterocycles. The lowest BCUT2D eigenvalue weighted by Gasteiger charge is -2.32. The van der Waals surface area contributed by atoms with Gasteiger partial charge < -0.3 is 20.2 Å². The summed E-state index contributed by atoms with van der Waals surface area (Å²) in [5, 5.41) is 16.1. The van der Waals surface area contributed by atoms with Crippen molar-refractivity contribution in [3.8, 4) is 10.4 Å². The predicted molar refractivity (Wildman–Crippen MR) is 138 cm³/mol. The van der Waals surface area contributed by atoms with Gasteiger partial charge >= 0.3 is 13.7 Å². The Morgan fingerprint density at radius 2 is 1.69 bits per heavy atom. The lowest BCUT2D eigenvalue weighted by atomic mass is 10.0. The molecule has 2 aromatic heterocycles. The highest BCUT2D eigenvalue weighted by Gasteiger charge is 2.39. The molecule has 2 unspecified atom stereocenters. The Kier molecular flexibility index (Phi) is 9.40. The molecule has 3 aromatic rings. The third-order valence-corrected chi connectivity index (χ3v) is 8.27. The molecule has 188 valence electrons. The molecule has 0 aliphatic heterocycles. The van der Waals surface area contributed by atoms with Crippen LogP contribution < -0.4 is 5.32 Å². The minimum absolute atomic E-state index is 0.0427. The van der Waals surface area contributed by atoms with Crippen molar-refractivity contribution in [1.29, 1.82) is 0 Å². The van der Waals surface area contributed by atoms with Crippen molar-refractivity contribution in [2.45, 2.75) is 45.3 Å². The fraction of sp³-hybridized carbons (Fsp3) is 0.333. The molecule has 0 radical (unpaired) electrons. The van der Waals surface area contributed by atoms with E-state index in [9.17, 15) is 29.0 Å². The normalized spacial score (nSPS) is 13.7. The van der Waals surface area contributed by atoms with Crippen LogP contribution in [0, 0.1) is 5.92 Å². The first-order valence-corrected chi connectivity index (χ1v) is 14.4. The molecule has 1 aromatic carbocycles. The molecule has 0 spiro atoms. The molecule has 0 saturated carbocycles. The van der Waals surface area contributed by atoms with E-state index in [1.165, 1.54) is 11.3 Å². The van der Waals surface area contributed by atoms with Crippen molar-refractivity contribution in [3.05, 3.63) is 69.7 Å². The Morgan fingerprint density at radius 3 is 2.20 bits per heavy atom. The number of carbonyl (C=O) groups is 2. The standard InChI is InChI=1S/C24H29N2O6PS2/c1-16(2)13-21(26(33(30,31)32)15-19-5-3-11-34-19)23(27)25-20(24(28)29)14-17-7-9-18(10-8-17)22-6-4-12-35-22/h3-12,16,20-21H,13-15H2,1-2H3,(H,25,27)(H,28,29)(H2,30,31,32). The van der Waals surface area contributed by atoms with Crippen LogP contribution in [0.2, 0.25) is 0 Å². The molecule has 8 nitrogen and oxygen atoms in total. The van der Waals surface area contributed by atoms with E-state index in [1.54, 1.807) is 28.8 Å². The van der Waals surface area contributed by atoms with Crippen LogP contribution in [-0.2, 0) is 27.1 Å². The van der Waals surface area contributed by atoms with Gasteiger partial charge in [0.05, 0.1) is 6.04 Å². The Hall–Kier alpha value is -2.33. The Labute approximate surface area is 212 Å². The van der Waals surface area contributed by atoms with Crippen molar-refractivity contribution < 1.29 is 29.0 Å². The van der Waals surface area contributed by atoms with Gasteiger partial charge in [-0.2, -0.15) is 4.67 Å². The summed E-state index contributed by atoms with van der Waals surface area (Å²) in [5.41, 5.74) is 1.74. The number of benzene rings is 1. The molecule has 35 heavy (non-hydrogen) atoms.